The molecule has 3 nitrogen and oxygen atoms in total. The lowest BCUT2D eigenvalue weighted by Crippen LogP contribution is -2.38. The minimum atomic E-state index is -0.308. The van der Waals surface area contributed by atoms with Crippen molar-refractivity contribution in [3.8, 4) is 0 Å². The highest BCUT2D eigenvalue weighted by Gasteiger charge is 2.35. The number of nitrogens with one attached hydrogen (secondary N) is 1. The van der Waals surface area contributed by atoms with Crippen molar-refractivity contribution in [3.63, 3.8) is 0 Å². The van der Waals surface area contributed by atoms with E-state index in [1.165, 1.54) is 0 Å². The molecule has 0 bridgehead atoms. The maximum Gasteiger partial charge on any atom is 0.144 e. The van der Waals surface area contributed by atoms with E-state index in [0.29, 0.717) is 25.2 Å². The monoisotopic (exact) mass is 301 g/mol. The molecule has 0 radical (unpaired) electrons. The molecule has 2 rings (SSSR count). The maximum atomic E-state index is 14.1. The van der Waals surface area contributed by atoms with Crippen molar-refractivity contribution in [3.05, 3.63) is 34.6 Å². The van der Waals surface area contributed by atoms with Crippen molar-refractivity contribution >= 4 is 11.6 Å². The molecule has 5 heteroatoms. The van der Waals surface area contributed by atoms with Gasteiger partial charge in [0.25, 0.3) is 0 Å². The van der Waals surface area contributed by atoms with Gasteiger partial charge in [0.2, 0.25) is 0 Å². The Morgan fingerprint density at radius 1 is 1.50 bits per heavy atom. The van der Waals surface area contributed by atoms with Crippen LogP contribution in [0.15, 0.2) is 18.2 Å². The Bertz CT molecular complexity index is 436. The van der Waals surface area contributed by atoms with Crippen LogP contribution in [-0.2, 0) is 15.9 Å². The molecule has 0 aliphatic carbocycles. The van der Waals surface area contributed by atoms with Crippen LogP contribution in [0.4, 0.5) is 4.39 Å². The summed E-state index contributed by atoms with van der Waals surface area (Å²) in [4.78, 5) is 0. The van der Waals surface area contributed by atoms with Gasteiger partial charge < -0.3 is 14.8 Å². The molecule has 1 saturated heterocycles. The van der Waals surface area contributed by atoms with Crippen molar-refractivity contribution in [2.45, 2.75) is 12.8 Å². The number of halogens is 2. The van der Waals surface area contributed by atoms with Gasteiger partial charge in [-0.15, -0.1) is 0 Å². The molecular formula is C15H21ClFNO2. The van der Waals surface area contributed by atoms with Gasteiger partial charge in [0, 0.05) is 32.2 Å². The first-order chi connectivity index (χ1) is 9.67. The fourth-order valence-corrected chi connectivity index (χ4v) is 2.80. The number of ether oxygens (including phenoxy) is 2. The second-order valence-corrected chi connectivity index (χ2v) is 5.77. The molecule has 112 valence electrons. The normalized spacial score (nSPS) is 22.4. The van der Waals surface area contributed by atoms with Gasteiger partial charge in [0.15, 0.2) is 0 Å². The van der Waals surface area contributed by atoms with Crippen molar-refractivity contribution in [2.24, 2.45) is 5.41 Å². The van der Waals surface area contributed by atoms with Gasteiger partial charge in [-0.05, 0) is 24.5 Å². The molecule has 1 atom stereocenters. The van der Waals surface area contributed by atoms with Gasteiger partial charge in [-0.3, -0.25) is 0 Å². The van der Waals surface area contributed by atoms with Gasteiger partial charge in [0.05, 0.1) is 18.2 Å². The van der Waals surface area contributed by atoms with Crippen LogP contribution in [0.3, 0.4) is 0 Å². The second-order valence-electron chi connectivity index (χ2n) is 5.36. The summed E-state index contributed by atoms with van der Waals surface area (Å²) in [6.07, 6.45) is 1.57. The number of methoxy groups -OCH3 is 1. The third kappa shape index (κ3) is 3.92. The SMILES string of the molecule is COCCNCC1(Cc2cccc(Cl)c2F)CCOC1. The smallest absolute Gasteiger partial charge is 0.144 e. The topological polar surface area (TPSA) is 30.5 Å². The third-order valence-electron chi connectivity index (χ3n) is 3.76. The molecule has 1 aromatic rings. The lowest BCUT2D eigenvalue weighted by atomic mass is 9.80. The minimum Gasteiger partial charge on any atom is -0.383 e. The Hall–Kier alpha value is -0.680. The van der Waals surface area contributed by atoms with Crippen molar-refractivity contribution in [1.82, 2.24) is 5.32 Å². The maximum absolute atomic E-state index is 14.1. The van der Waals surface area contributed by atoms with E-state index in [9.17, 15) is 4.39 Å². The van der Waals surface area contributed by atoms with E-state index >= 15 is 0 Å². The van der Waals surface area contributed by atoms with Crippen LogP contribution in [0, 0.1) is 11.2 Å². The molecule has 0 spiro atoms. The summed E-state index contributed by atoms with van der Waals surface area (Å²) in [7, 11) is 1.68. The van der Waals surface area contributed by atoms with Gasteiger partial charge in [0.1, 0.15) is 5.82 Å². The largest absolute Gasteiger partial charge is 0.383 e. The minimum absolute atomic E-state index is 0.0563. The Labute approximate surface area is 124 Å². The van der Waals surface area contributed by atoms with E-state index in [2.05, 4.69) is 5.32 Å². The summed E-state index contributed by atoms with van der Waals surface area (Å²) in [5.41, 5.74) is 0.607. The quantitative estimate of drug-likeness (QED) is 0.786. The van der Waals surface area contributed by atoms with Crippen molar-refractivity contribution in [2.75, 3.05) is 40.0 Å². The van der Waals surface area contributed by atoms with Crippen LogP contribution >= 0.6 is 11.6 Å². The Kier molecular flexibility index (Phi) is 5.78. The average molecular weight is 302 g/mol. The molecule has 0 amide bonds. The molecule has 1 N–H and O–H groups in total. The van der Waals surface area contributed by atoms with Crippen LogP contribution in [0.2, 0.25) is 5.02 Å². The number of rotatable bonds is 7. The van der Waals surface area contributed by atoms with E-state index < -0.39 is 0 Å². The summed E-state index contributed by atoms with van der Waals surface area (Å²) in [5.74, 6) is -0.308. The molecular weight excluding hydrogens is 281 g/mol. The molecule has 1 aromatic carbocycles. The number of hydrogen-bond donors (Lipinski definition) is 1. The first-order valence-electron chi connectivity index (χ1n) is 6.87. The van der Waals surface area contributed by atoms with Crippen LogP contribution in [0.25, 0.3) is 0 Å². The van der Waals surface area contributed by atoms with Crippen LogP contribution in [-0.4, -0.2) is 40.0 Å². The molecule has 1 heterocycles. The van der Waals surface area contributed by atoms with Crippen LogP contribution in [0.5, 0.6) is 0 Å². The molecule has 1 fully saturated rings. The number of benzene rings is 1. The second kappa shape index (κ2) is 7.36. The first kappa shape index (κ1) is 15.7. The van der Waals surface area contributed by atoms with E-state index in [-0.39, 0.29) is 16.3 Å². The predicted octanol–water partition coefficient (Wildman–Crippen LogP) is 2.66. The van der Waals surface area contributed by atoms with Crippen molar-refractivity contribution in [1.29, 1.82) is 0 Å². The fourth-order valence-electron chi connectivity index (χ4n) is 2.61. The predicted molar refractivity (Wildman–Crippen MR) is 77.7 cm³/mol. The molecule has 1 unspecified atom stereocenters. The highest BCUT2D eigenvalue weighted by Crippen LogP contribution is 2.33. The fraction of sp³-hybridized carbons (Fsp3) is 0.600. The molecule has 1 aliphatic rings. The van der Waals surface area contributed by atoms with Crippen molar-refractivity contribution < 1.29 is 13.9 Å². The van der Waals surface area contributed by atoms with E-state index in [1.54, 1.807) is 25.3 Å². The summed E-state index contributed by atoms with van der Waals surface area (Å²) >= 11 is 5.85. The first-order valence-corrected chi connectivity index (χ1v) is 7.25. The summed E-state index contributed by atoms with van der Waals surface area (Å²) in [6.45, 7) is 3.63. The highest BCUT2D eigenvalue weighted by molar-refractivity contribution is 6.30. The van der Waals surface area contributed by atoms with E-state index in [1.807, 2.05) is 0 Å². The van der Waals surface area contributed by atoms with E-state index in [0.717, 1.165) is 26.1 Å². The highest BCUT2D eigenvalue weighted by atomic mass is 35.5. The summed E-state index contributed by atoms with van der Waals surface area (Å²) in [5, 5.41) is 3.55. The molecule has 0 saturated carbocycles. The van der Waals surface area contributed by atoms with E-state index in [4.69, 9.17) is 21.1 Å². The van der Waals surface area contributed by atoms with Gasteiger partial charge in [-0.1, -0.05) is 23.7 Å². The third-order valence-corrected chi connectivity index (χ3v) is 4.06. The molecule has 20 heavy (non-hydrogen) atoms. The average Bonchev–Trinajstić information content (AvgIpc) is 2.89. The molecule has 0 aromatic heterocycles. The summed E-state index contributed by atoms with van der Waals surface area (Å²) in [6, 6.07) is 5.17. The Morgan fingerprint density at radius 2 is 2.35 bits per heavy atom. The number of hydrogen-bond acceptors (Lipinski definition) is 3. The zero-order valence-corrected chi connectivity index (χ0v) is 12.5. The van der Waals surface area contributed by atoms with Gasteiger partial charge in [-0.2, -0.15) is 0 Å². The Balaban J connectivity index is 2.03. The zero-order chi connectivity index (χ0) is 14.4. The molecule has 1 aliphatic heterocycles. The Morgan fingerprint density at radius 3 is 3.05 bits per heavy atom. The lowest BCUT2D eigenvalue weighted by molar-refractivity contribution is 0.144. The summed E-state index contributed by atoms with van der Waals surface area (Å²) < 4.78 is 24.6. The van der Waals surface area contributed by atoms with Gasteiger partial charge >= 0.3 is 0 Å². The standard InChI is InChI=1S/C15H21ClFNO2/c1-19-8-6-18-10-15(5-7-20-11-15)9-12-3-2-4-13(16)14(12)17/h2-4,18H,5-11H2,1H3. The zero-order valence-electron chi connectivity index (χ0n) is 11.8. The van der Waals surface area contributed by atoms with Crippen LogP contribution < -0.4 is 5.32 Å². The van der Waals surface area contributed by atoms with Gasteiger partial charge in [-0.25, -0.2) is 4.39 Å². The van der Waals surface area contributed by atoms with Crippen LogP contribution in [0.1, 0.15) is 12.0 Å². The lowest BCUT2D eigenvalue weighted by Gasteiger charge is -2.28.